The minimum atomic E-state index is -1.08. The molecule has 0 aliphatic heterocycles. The lowest BCUT2D eigenvalue weighted by atomic mass is 10.0. The summed E-state index contributed by atoms with van der Waals surface area (Å²) in [6.07, 6.45) is 0.161. The molecule has 154 valence electrons. The molecule has 0 aromatic heterocycles. The first-order valence-electron chi connectivity index (χ1n) is 9.78. The molecule has 0 heterocycles. The maximum absolute atomic E-state index is 12.6. The van der Waals surface area contributed by atoms with Crippen molar-refractivity contribution in [1.29, 1.82) is 0 Å². The minimum absolute atomic E-state index is 0.161. The smallest absolute Gasteiger partial charge is 0.326 e. The van der Waals surface area contributed by atoms with Crippen LogP contribution in [-0.2, 0) is 17.8 Å². The van der Waals surface area contributed by atoms with E-state index in [0.717, 1.165) is 22.3 Å². The standard InChI is InChI=1S/C25H25NO4/c1-17-11-18(2)13-21(12-17)24(27)26-23(25(28)29)15-20-9-6-10-22(14-20)30-16-19-7-4-3-5-8-19/h3-14,23H,15-16H2,1-2H3,(H,26,27)(H,28,29)/t23-/m0/s1. The summed E-state index contributed by atoms with van der Waals surface area (Å²) < 4.78 is 5.82. The number of nitrogens with one attached hydrogen (secondary N) is 1. The number of aryl methyl sites for hydroxylation is 2. The lowest BCUT2D eigenvalue weighted by molar-refractivity contribution is -0.139. The van der Waals surface area contributed by atoms with Gasteiger partial charge in [0.2, 0.25) is 0 Å². The van der Waals surface area contributed by atoms with Crippen LogP contribution >= 0.6 is 0 Å². The van der Waals surface area contributed by atoms with Crippen molar-refractivity contribution in [3.8, 4) is 5.75 Å². The molecule has 0 unspecified atom stereocenters. The maximum atomic E-state index is 12.6. The van der Waals surface area contributed by atoms with Gasteiger partial charge in [-0.15, -0.1) is 0 Å². The predicted molar refractivity (Wildman–Crippen MR) is 116 cm³/mol. The van der Waals surface area contributed by atoms with Crippen molar-refractivity contribution < 1.29 is 19.4 Å². The largest absolute Gasteiger partial charge is 0.489 e. The molecular weight excluding hydrogens is 378 g/mol. The second-order valence-electron chi connectivity index (χ2n) is 7.37. The van der Waals surface area contributed by atoms with E-state index in [4.69, 9.17) is 4.74 Å². The van der Waals surface area contributed by atoms with Crippen LogP contribution in [0.1, 0.15) is 32.6 Å². The summed E-state index contributed by atoms with van der Waals surface area (Å²) in [4.78, 5) is 24.3. The molecule has 1 atom stereocenters. The first kappa shape index (κ1) is 21.1. The second kappa shape index (κ2) is 9.74. The van der Waals surface area contributed by atoms with E-state index in [1.807, 2.05) is 74.5 Å². The summed E-state index contributed by atoms with van der Waals surface area (Å²) in [5, 5.41) is 12.2. The number of hydrogen-bond donors (Lipinski definition) is 2. The van der Waals surface area contributed by atoms with E-state index in [9.17, 15) is 14.7 Å². The van der Waals surface area contributed by atoms with Crippen LogP contribution < -0.4 is 10.1 Å². The number of ether oxygens (including phenoxy) is 1. The van der Waals surface area contributed by atoms with Crippen LogP contribution in [0.4, 0.5) is 0 Å². The zero-order chi connectivity index (χ0) is 21.5. The molecule has 30 heavy (non-hydrogen) atoms. The summed E-state index contributed by atoms with van der Waals surface area (Å²) in [5.74, 6) is -0.824. The van der Waals surface area contributed by atoms with Gasteiger partial charge in [0.1, 0.15) is 18.4 Å². The number of amides is 1. The molecule has 5 nitrogen and oxygen atoms in total. The van der Waals surface area contributed by atoms with Crippen molar-refractivity contribution in [1.82, 2.24) is 5.32 Å². The maximum Gasteiger partial charge on any atom is 0.326 e. The lowest BCUT2D eigenvalue weighted by Crippen LogP contribution is -2.42. The number of aliphatic carboxylic acids is 1. The van der Waals surface area contributed by atoms with Crippen molar-refractivity contribution in [2.75, 3.05) is 0 Å². The zero-order valence-electron chi connectivity index (χ0n) is 17.1. The first-order valence-corrected chi connectivity index (χ1v) is 9.78. The Bertz CT molecular complexity index is 1010. The monoisotopic (exact) mass is 403 g/mol. The Balaban J connectivity index is 1.67. The predicted octanol–water partition coefficient (Wildman–Crippen LogP) is 4.31. The normalized spacial score (nSPS) is 11.5. The molecular formula is C25H25NO4. The fourth-order valence-electron chi connectivity index (χ4n) is 3.29. The van der Waals surface area contributed by atoms with Crippen molar-refractivity contribution in [3.05, 3.63) is 101 Å². The Morgan fingerprint density at radius 2 is 1.57 bits per heavy atom. The van der Waals surface area contributed by atoms with Gasteiger partial charge in [-0.05, 0) is 49.2 Å². The summed E-state index contributed by atoms with van der Waals surface area (Å²) in [5.41, 5.74) is 4.19. The summed E-state index contributed by atoms with van der Waals surface area (Å²) in [6, 6.07) is 21.5. The van der Waals surface area contributed by atoms with Gasteiger partial charge in [0.15, 0.2) is 0 Å². The fourth-order valence-corrected chi connectivity index (χ4v) is 3.29. The average molecular weight is 403 g/mol. The number of carboxylic acid groups (broad SMARTS) is 1. The molecule has 0 aliphatic rings. The van der Waals surface area contributed by atoms with Gasteiger partial charge in [0.25, 0.3) is 5.91 Å². The molecule has 0 saturated carbocycles. The fraction of sp³-hybridized carbons (Fsp3) is 0.200. The molecule has 0 saturated heterocycles. The molecule has 3 aromatic rings. The Morgan fingerprint density at radius 1 is 0.900 bits per heavy atom. The van der Waals surface area contributed by atoms with Gasteiger partial charge < -0.3 is 15.2 Å². The number of carbonyl (C=O) groups is 2. The Hall–Kier alpha value is -3.60. The third-order valence-corrected chi connectivity index (χ3v) is 4.67. The first-order chi connectivity index (χ1) is 14.4. The highest BCUT2D eigenvalue weighted by molar-refractivity contribution is 5.97. The third-order valence-electron chi connectivity index (χ3n) is 4.67. The van der Waals surface area contributed by atoms with Crippen LogP contribution in [0.25, 0.3) is 0 Å². The number of carboxylic acids is 1. The van der Waals surface area contributed by atoms with Crippen LogP contribution in [0.5, 0.6) is 5.75 Å². The van der Waals surface area contributed by atoms with Crippen LogP contribution in [0.3, 0.4) is 0 Å². The van der Waals surface area contributed by atoms with E-state index in [1.54, 1.807) is 12.1 Å². The zero-order valence-corrected chi connectivity index (χ0v) is 17.1. The van der Waals surface area contributed by atoms with Gasteiger partial charge in [0.05, 0.1) is 0 Å². The average Bonchev–Trinajstić information content (AvgIpc) is 2.72. The van der Waals surface area contributed by atoms with E-state index >= 15 is 0 Å². The van der Waals surface area contributed by atoms with Gasteiger partial charge in [-0.3, -0.25) is 4.79 Å². The summed E-state index contributed by atoms with van der Waals surface area (Å²) in [7, 11) is 0. The van der Waals surface area contributed by atoms with E-state index in [0.29, 0.717) is 17.9 Å². The Kier molecular flexibility index (Phi) is 6.86. The Labute approximate surface area is 176 Å². The highest BCUT2D eigenvalue weighted by Gasteiger charge is 2.21. The van der Waals surface area contributed by atoms with Gasteiger partial charge in [-0.1, -0.05) is 59.7 Å². The lowest BCUT2D eigenvalue weighted by Gasteiger charge is -2.16. The summed E-state index contributed by atoms with van der Waals surface area (Å²) >= 11 is 0. The molecule has 3 rings (SSSR count). The van der Waals surface area contributed by atoms with Crippen molar-refractivity contribution in [2.24, 2.45) is 0 Å². The van der Waals surface area contributed by atoms with Crippen molar-refractivity contribution in [2.45, 2.75) is 32.9 Å². The van der Waals surface area contributed by atoms with Crippen LogP contribution in [0, 0.1) is 13.8 Å². The minimum Gasteiger partial charge on any atom is -0.489 e. The van der Waals surface area contributed by atoms with Crippen molar-refractivity contribution in [3.63, 3.8) is 0 Å². The second-order valence-corrected chi connectivity index (χ2v) is 7.37. The van der Waals surface area contributed by atoms with Crippen LogP contribution in [0.2, 0.25) is 0 Å². The topological polar surface area (TPSA) is 75.6 Å². The third kappa shape index (κ3) is 5.95. The molecule has 0 aliphatic carbocycles. The highest BCUT2D eigenvalue weighted by Crippen LogP contribution is 2.17. The number of hydrogen-bond acceptors (Lipinski definition) is 3. The van der Waals surface area contributed by atoms with Crippen LogP contribution in [-0.4, -0.2) is 23.0 Å². The number of rotatable bonds is 8. The van der Waals surface area contributed by atoms with Gasteiger partial charge >= 0.3 is 5.97 Å². The van der Waals surface area contributed by atoms with E-state index in [-0.39, 0.29) is 6.42 Å². The van der Waals surface area contributed by atoms with E-state index < -0.39 is 17.9 Å². The summed E-state index contributed by atoms with van der Waals surface area (Å²) in [6.45, 7) is 4.23. The van der Waals surface area contributed by atoms with Gasteiger partial charge in [-0.25, -0.2) is 4.79 Å². The Morgan fingerprint density at radius 3 is 2.23 bits per heavy atom. The molecule has 2 N–H and O–H groups in total. The highest BCUT2D eigenvalue weighted by atomic mass is 16.5. The van der Waals surface area contributed by atoms with Crippen molar-refractivity contribution >= 4 is 11.9 Å². The number of benzene rings is 3. The molecule has 0 fully saturated rings. The van der Waals surface area contributed by atoms with Gasteiger partial charge in [-0.2, -0.15) is 0 Å². The number of carbonyl (C=O) groups excluding carboxylic acids is 1. The van der Waals surface area contributed by atoms with Gasteiger partial charge in [0, 0.05) is 12.0 Å². The van der Waals surface area contributed by atoms with E-state index in [1.165, 1.54) is 0 Å². The quantitative estimate of drug-likeness (QED) is 0.588. The molecule has 0 bridgehead atoms. The molecule has 3 aromatic carbocycles. The molecule has 0 radical (unpaired) electrons. The SMILES string of the molecule is Cc1cc(C)cc(C(=O)N[C@@H](Cc2cccc(OCc3ccccc3)c2)C(=O)O)c1. The molecule has 5 heteroatoms. The molecule has 1 amide bonds. The van der Waals surface area contributed by atoms with E-state index in [2.05, 4.69) is 5.32 Å². The molecule has 0 spiro atoms. The van der Waals surface area contributed by atoms with Crippen LogP contribution in [0.15, 0.2) is 72.8 Å².